The van der Waals surface area contributed by atoms with Crippen LogP contribution in [0.3, 0.4) is 0 Å². The smallest absolute Gasteiger partial charge is 0.322 e. The number of anilines is 1. The van der Waals surface area contributed by atoms with Crippen molar-refractivity contribution in [2.75, 3.05) is 25.5 Å². The maximum absolute atomic E-state index is 13.6. The lowest BCUT2D eigenvalue weighted by Crippen LogP contribution is -2.49. The first-order valence-corrected chi connectivity index (χ1v) is 12.0. The average Bonchev–Trinajstić information content (AvgIpc) is 3.31. The molecule has 4 rings (SSSR count). The minimum atomic E-state index is -0.327. The van der Waals surface area contributed by atoms with E-state index in [1.54, 1.807) is 35.5 Å². The summed E-state index contributed by atoms with van der Waals surface area (Å²) in [6.45, 7) is 4.46. The molecule has 0 bridgehead atoms. The van der Waals surface area contributed by atoms with Gasteiger partial charge in [0.2, 0.25) is 5.91 Å². The molecule has 0 fully saturated rings. The molecule has 1 N–H and O–H groups in total. The summed E-state index contributed by atoms with van der Waals surface area (Å²) in [5.41, 5.74) is 2.84. The minimum Gasteiger partial charge on any atom is -0.495 e. The van der Waals surface area contributed by atoms with Crippen molar-refractivity contribution in [2.45, 2.75) is 32.4 Å². The Bertz CT molecular complexity index is 1110. The van der Waals surface area contributed by atoms with Gasteiger partial charge < -0.3 is 19.9 Å². The van der Waals surface area contributed by atoms with E-state index >= 15 is 0 Å². The van der Waals surface area contributed by atoms with Crippen molar-refractivity contribution in [3.8, 4) is 5.75 Å². The Labute approximate surface area is 198 Å². The monoisotopic (exact) mass is 463 g/mol. The van der Waals surface area contributed by atoms with Crippen molar-refractivity contribution in [3.63, 3.8) is 0 Å². The SMILES string of the molecule is COc1ccccc1NC(=O)N(CC(=O)N1CCc2sccc2C1c1ccccc1)C(C)C. The maximum Gasteiger partial charge on any atom is 0.322 e. The Balaban J connectivity index is 1.56. The highest BCUT2D eigenvalue weighted by atomic mass is 32.1. The van der Waals surface area contributed by atoms with Crippen LogP contribution in [0.1, 0.15) is 35.9 Å². The summed E-state index contributed by atoms with van der Waals surface area (Å²) in [7, 11) is 1.56. The van der Waals surface area contributed by atoms with Crippen molar-refractivity contribution in [3.05, 3.63) is 82.0 Å². The zero-order chi connectivity index (χ0) is 23.4. The molecule has 0 radical (unpaired) electrons. The topological polar surface area (TPSA) is 61.9 Å². The van der Waals surface area contributed by atoms with Crippen molar-refractivity contribution in [1.82, 2.24) is 9.80 Å². The number of hydrogen-bond acceptors (Lipinski definition) is 4. The first-order chi connectivity index (χ1) is 16.0. The van der Waals surface area contributed by atoms with E-state index in [4.69, 9.17) is 4.74 Å². The molecule has 172 valence electrons. The third-order valence-corrected chi connectivity index (χ3v) is 6.94. The van der Waals surface area contributed by atoms with Crippen molar-refractivity contribution >= 4 is 29.0 Å². The van der Waals surface area contributed by atoms with Gasteiger partial charge in [-0.1, -0.05) is 42.5 Å². The van der Waals surface area contributed by atoms with Gasteiger partial charge in [-0.3, -0.25) is 4.79 Å². The van der Waals surface area contributed by atoms with Crippen molar-refractivity contribution < 1.29 is 14.3 Å². The van der Waals surface area contributed by atoms with Crippen LogP contribution in [0, 0.1) is 0 Å². The molecule has 1 atom stereocenters. The number of methoxy groups -OCH3 is 1. The van der Waals surface area contributed by atoms with Gasteiger partial charge in [-0.15, -0.1) is 11.3 Å². The lowest BCUT2D eigenvalue weighted by Gasteiger charge is -2.38. The Morgan fingerprint density at radius 2 is 1.85 bits per heavy atom. The molecule has 7 heteroatoms. The third-order valence-electron chi connectivity index (χ3n) is 5.94. The van der Waals surface area contributed by atoms with Gasteiger partial charge in [-0.2, -0.15) is 0 Å². The standard InChI is InChI=1S/C26H29N3O3S/c1-18(2)29(26(31)27-21-11-7-8-12-22(21)32-3)17-24(30)28-15-13-23-20(14-16-33-23)25(28)19-9-5-4-6-10-19/h4-12,14,16,18,25H,13,15,17H2,1-3H3,(H,27,31). The molecule has 0 saturated heterocycles. The molecule has 3 amide bonds. The number of ether oxygens (including phenoxy) is 1. The van der Waals surface area contributed by atoms with Gasteiger partial charge in [0.05, 0.1) is 18.8 Å². The van der Waals surface area contributed by atoms with E-state index in [-0.39, 0.29) is 30.6 Å². The van der Waals surface area contributed by atoms with Gasteiger partial charge in [-0.25, -0.2) is 4.79 Å². The van der Waals surface area contributed by atoms with Crippen LogP contribution in [0.5, 0.6) is 5.75 Å². The first kappa shape index (κ1) is 22.9. The molecular weight excluding hydrogens is 434 g/mol. The molecular formula is C26H29N3O3S. The van der Waals surface area contributed by atoms with Crippen LogP contribution in [0.2, 0.25) is 0 Å². The fourth-order valence-electron chi connectivity index (χ4n) is 4.24. The predicted octanol–water partition coefficient (Wildman–Crippen LogP) is 5.17. The molecule has 2 heterocycles. The number of thiophene rings is 1. The predicted molar refractivity (Wildman–Crippen MR) is 132 cm³/mol. The molecule has 33 heavy (non-hydrogen) atoms. The molecule has 6 nitrogen and oxygen atoms in total. The number of rotatable bonds is 6. The van der Waals surface area contributed by atoms with Crippen molar-refractivity contribution in [1.29, 1.82) is 0 Å². The van der Waals surface area contributed by atoms with Gasteiger partial charge in [0.1, 0.15) is 12.3 Å². The van der Waals surface area contributed by atoms with Gasteiger partial charge in [0.25, 0.3) is 0 Å². The van der Waals surface area contributed by atoms with Crippen LogP contribution in [0.15, 0.2) is 66.0 Å². The largest absolute Gasteiger partial charge is 0.495 e. The van der Waals surface area contributed by atoms with Gasteiger partial charge >= 0.3 is 6.03 Å². The number of nitrogens with one attached hydrogen (secondary N) is 1. The Kier molecular flexibility index (Phi) is 6.99. The summed E-state index contributed by atoms with van der Waals surface area (Å²) in [4.78, 5) is 31.5. The molecule has 3 aromatic rings. The molecule has 2 aromatic carbocycles. The van der Waals surface area contributed by atoms with E-state index in [0.29, 0.717) is 18.0 Å². The zero-order valence-corrected chi connectivity index (χ0v) is 20.0. The lowest BCUT2D eigenvalue weighted by atomic mass is 9.93. The summed E-state index contributed by atoms with van der Waals surface area (Å²) in [5, 5.41) is 4.99. The van der Waals surface area contributed by atoms with Crippen LogP contribution >= 0.6 is 11.3 Å². The minimum absolute atomic E-state index is 0.00144. The number of para-hydroxylation sites is 2. The number of urea groups is 1. The number of fused-ring (bicyclic) bond motifs is 1. The van der Waals surface area contributed by atoms with E-state index in [2.05, 4.69) is 28.9 Å². The summed E-state index contributed by atoms with van der Waals surface area (Å²) >= 11 is 1.74. The molecule has 0 spiro atoms. The zero-order valence-electron chi connectivity index (χ0n) is 19.2. The second-order valence-electron chi connectivity index (χ2n) is 8.30. The Hall–Kier alpha value is -3.32. The van der Waals surface area contributed by atoms with Crippen LogP contribution in [-0.2, 0) is 11.2 Å². The molecule has 1 unspecified atom stereocenters. The summed E-state index contributed by atoms with van der Waals surface area (Å²) < 4.78 is 5.34. The number of carbonyl (C=O) groups is 2. The number of hydrogen-bond donors (Lipinski definition) is 1. The number of nitrogens with zero attached hydrogens (tertiary/aromatic N) is 2. The molecule has 1 aliphatic heterocycles. The normalized spacial score (nSPS) is 15.2. The van der Waals surface area contributed by atoms with Gasteiger partial charge in [0.15, 0.2) is 0 Å². The highest BCUT2D eigenvalue weighted by Crippen LogP contribution is 2.37. The molecule has 1 aromatic heterocycles. The maximum atomic E-state index is 13.6. The second kappa shape index (κ2) is 10.1. The molecule has 1 aliphatic rings. The van der Waals surface area contributed by atoms with Crippen molar-refractivity contribution in [2.24, 2.45) is 0 Å². The van der Waals surface area contributed by atoms with E-state index in [9.17, 15) is 9.59 Å². The highest BCUT2D eigenvalue weighted by molar-refractivity contribution is 7.10. The fraction of sp³-hybridized carbons (Fsp3) is 0.308. The molecule has 0 saturated carbocycles. The average molecular weight is 464 g/mol. The van der Waals surface area contributed by atoms with Crippen LogP contribution < -0.4 is 10.1 Å². The van der Waals surface area contributed by atoms with Gasteiger partial charge in [-0.05, 0) is 55.0 Å². The van der Waals surface area contributed by atoms with Crippen LogP contribution in [-0.4, -0.2) is 48.0 Å². The third kappa shape index (κ3) is 4.88. The number of carbonyl (C=O) groups excluding carboxylic acids is 2. The van der Waals surface area contributed by atoms with Crippen LogP contribution in [0.4, 0.5) is 10.5 Å². The summed E-state index contributed by atoms with van der Waals surface area (Å²) in [6, 6.07) is 18.9. The quantitative estimate of drug-likeness (QED) is 0.548. The van der Waals surface area contributed by atoms with Crippen LogP contribution in [0.25, 0.3) is 0 Å². The number of benzene rings is 2. The lowest BCUT2D eigenvalue weighted by molar-refractivity contribution is -0.134. The molecule has 0 aliphatic carbocycles. The summed E-state index contributed by atoms with van der Waals surface area (Å²) in [5.74, 6) is 0.510. The van der Waals surface area contributed by atoms with Gasteiger partial charge in [0, 0.05) is 17.5 Å². The Morgan fingerprint density at radius 1 is 1.12 bits per heavy atom. The number of amides is 3. The van der Waals surface area contributed by atoms with E-state index in [1.807, 2.05) is 49.1 Å². The highest BCUT2D eigenvalue weighted by Gasteiger charge is 2.34. The second-order valence-corrected chi connectivity index (χ2v) is 9.30. The Morgan fingerprint density at radius 3 is 2.58 bits per heavy atom. The fourth-order valence-corrected chi connectivity index (χ4v) is 5.14. The summed E-state index contributed by atoms with van der Waals surface area (Å²) in [6.07, 6.45) is 0.831. The van der Waals surface area contributed by atoms with E-state index in [1.165, 1.54) is 10.4 Å². The van der Waals surface area contributed by atoms with E-state index < -0.39 is 0 Å². The van der Waals surface area contributed by atoms with E-state index in [0.717, 1.165) is 12.0 Å². The first-order valence-electron chi connectivity index (χ1n) is 11.1.